The van der Waals surface area contributed by atoms with E-state index in [4.69, 9.17) is 11.6 Å². The van der Waals surface area contributed by atoms with E-state index >= 15 is 0 Å². The number of thioether (sulfide) groups is 1. The summed E-state index contributed by atoms with van der Waals surface area (Å²) in [5, 5.41) is 5.78. The van der Waals surface area contributed by atoms with Crippen LogP contribution in [0.2, 0.25) is 5.02 Å². The van der Waals surface area contributed by atoms with Crippen LogP contribution in [-0.2, 0) is 0 Å². The number of anilines is 1. The summed E-state index contributed by atoms with van der Waals surface area (Å²) in [6, 6.07) is 5.14. The third-order valence-corrected chi connectivity index (χ3v) is 2.67. The molecule has 0 atom stereocenters. The highest BCUT2D eigenvalue weighted by Gasteiger charge is 2.04. The fourth-order valence-corrected chi connectivity index (χ4v) is 1.67. The van der Waals surface area contributed by atoms with Gasteiger partial charge in [-0.15, -0.1) is 11.8 Å². The van der Waals surface area contributed by atoms with Gasteiger partial charge in [-0.05, 0) is 24.5 Å². The molecule has 3 nitrogen and oxygen atoms in total. The van der Waals surface area contributed by atoms with E-state index in [0.717, 1.165) is 10.6 Å². The molecule has 0 heterocycles. The molecule has 0 aliphatic heterocycles. The molecule has 0 radical (unpaired) electrons. The molecule has 0 aromatic heterocycles. The number of carbonyl (C=O) groups is 1. The molecule has 1 aromatic carbocycles. The topological polar surface area (TPSA) is 41.1 Å². The van der Waals surface area contributed by atoms with Gasteiger partial charge in [0.2, 0.25) is 0 Å². The molecule has 0 aliphatic carbocycles. The molecule has 76 valence electrons. The van der Waals surface area contributed by atoms with Gasteiger partial charge < -0.3 is 10.6 Å². The van der Waals surface area contributed by atoms with E-state index in [2.05, 4.69) is 10.6 Å². The highest BCUT2D eigenvalue weighted by molar-refractivity contribution is 7.98. The van der Waals surface area contributed by atoms with Gasteiger partial charge in [0.25, 0.3) is 0 Å². The van der Waals surface area contributed by atoms with Gasteiger partial charge >= 0.3 is 6.03 Å². The lowest BCUT2D eigenvalue weighted by atomic mass is 10.3. The normalized spacial score (nSPS) is 9.64. The minimum absolute atomic E-state index is 0.248. The highest BCUT2D eigenvalue weighted by Crippen LogP contribution is 2.28. The Morgan fingerprint density at radius 2 is 2.21 bits per heavy atom. The van der Waals surface area contributed by atoms with E-state index in [1.165, 1.54) is 0 Å². The van der Waals surface area contributed by atoms with E-state index in [-0.39, 0.29) is 6.03 Å². The summed E-state index contributed by atoms with van der Waals surface area (Å²) in [4.78, 5) is 12.1. The first-order chi connectivity index (χ1) is 6.67. The van der Waals surface area contributed by atoms with Gasteiger partial charge in [-0.3, -0.25) is 0 Å². The standard InChI is InChI=1S/C9H11ClN2OS/c1-11-9(13)12-7-5-6(10)3-4-8(7)14-2/h3-5H,1-2H3,(H2,11,12,13). The van der Waals surface area contributed by atoms with Crippen molar-refractivity contribution in [2.24, 2.45) is 0 Å². The van der Waals surface area contributed by atoms with Crippen LogP contribution in [-0.4, -0.2) is 19.3 Å². The molecule has 5 heteroatoms. The molecule has 0 saturated carbocycles. The second-order valence-electron chi connectivity index (χ2n) is 2.55. The van der Waals surface area contributed by atoms with Crippen molar-refractivity contribution in [2.45, 2.75) is 4.90 Å². The number of rotatable bonds is 2. The first kappa shape index (κ1) is 11.2. The smallest absolute Gasteiger partial charge is 0.319 e. The maximum atomic E-state index is 11.1. The SMILES string of the molecule is CNC(=O)Nc1cc(Cl)ccc1SC. The molecule has 2 amide bonds. The van der Waals surface area contributed by atoms with E-state index in [9.17, 15) is 4.79 Å². The van der Waals surface area contributed by atoms with Crippen molar-refractivity contribution >= 4 is 35.1 Å². The molecule has 14 heavy (non-hydrogen) atoms. The number of carbonyl (C=O) groups excluding carboxylic acids is 1. The van der Waals surface area contributed by atoms with Crippen molar-refractivity contribution in [3.05, 3.63) is 23.2 Å². The van der Waals surface area contributed by atoms with Gasteiger partial charge in [0.1, 0.15) is 0 Å². The Hall–Kier alpha value is -0.870. The maximum Gasteiger partial charge on any atom is 0.319 e. The molecule has 0 aliphatic rings. The number of hydrogen-bond acceptors (Lipinski definition) is 2. The molecule has 1 rings (SSSR count). The van der Waals surface area contributed by atoms with Gasteiger partial charge in [-0.2, -0.15) is 0 Å². The number of urea groups is 1. The second-order valence-corrected chi connectivity index (χ2v) is 3.83. The number of amides is 2. The van der Waals surface area contributed by atoms with Crippen LogP contribution in [0, 0.1) is 0 Å². The van der Waals surface area contributed by atoms with Gasteiger partial charge in [-0.25, -0.2) is 4.79 Å². The first-order valence-electron chi connectivity index (χ1n) is 3.99. The lowest BCUT2D eigenvalue weighted by molar-refractivity contribution is 0.254. The van der Waals surface area contributed by atoms with E-state index in [1.54, 1.807) is 30.9 Å². The fraction of sp³-hybridized carbons (Fsp3) is 0.222. The molecule has 1 aromatic rings. The highest BCUT2D eigenvalue weighted by atomic mass is 35.5. The molecule has 0 fully saturated rings. The molecule has 0 spiro atoms. The summed E-state index contributed by atoms with van der Waals surface area (Å²) in [7, 11) is 1.57. The summed E-state index contributed by atoms with van der Waals surface area (Å²) < 4.78 is 0. The predicted octanol–water partition coefficient (Wildman–Crippen LogP) is 2.81. The Balaban J connectivity index is 2.93. The zero-order chi connectivity index (χ0) is 10.6. The minimum Gasteiger partial charge on any atom is -0.341 e. The Morgan fingerprint density at radius 1 is 1.50 bits per heavy atom. The van der Waals surface area contributed by atoms with Gasteiger partial charge in [0, 0.05) is 17.0 Å². The number of hydrogen-bond donors (Lipinski definition) is 2. The predicted molar refractivity (Wildman–Crippen MR) is 61.3 cm³/mol. The third-order valence-electron chi connectivity index (χ3n) is 1.64. The van der Waals surface area contributed by atoms with Gasteiger partial charge in [0.05, 0.1) is 5.69 Å². The van der Waals surface area contributed by atoms with Crippen LogP contribution in [0.15, 0.2) is 23.1 Å². The van der Waals surface area contributed by atoms with Crippen molar-refractivity contribution in [2.75, 3.05) is 18.6 Å². The summed E-state index contributed by atoms with van der Waals surface area (Å²) in [6.07, 6.45) is 1.94. The molecular formula is C9H11ClN2OS. The van der Waals surface area contributed by atoms with Crippen LogP contribution in [0.25, 0.3) is 0 Å². The number of halogens is 1. The Bertz CT molecular complexity index is 344. The summed E-state index contributed by atoms with van der Waals surface area (Å²) in [6.45, 7) is 0. The Kier molecular flexibility index (Phi) is 4.10. The monoisotopic (exact) mass is 230 g/mol. The van der Waals surface area contributed by atoms with Crippen LogP contribution in [0.4, 0.5) is 10.5 Å². The molecular weight excluding hydrogens is 220 g/mol. The first-order valence-corrected chi connectivity index (χ1v) is 5.60. The Labute approximate surface area is 92.2 Å². The summed E-state index contributed by atoms with van der Waals surface area (Å²) >= 11 is 7.37. The molecule has 2 N–H and O–H groups in total. The lowest BCUT2D eigenvalue weighted by Crippen LogP contribution is -2.24. The van der Waals surface area contributed by atoms with Crippen LogP contribution >= 0.6 is 23.4 Å². The van der Waals surface area contributed by atoms with Crippen molar-refractivity contribution in [1.29, 1.82) is 0 Å². The fourth-order valence-electron chi connectivity index (χ4n) is 0.963. The van der Waals surface area contributed by atoms with Crippen molar-refractivity contribution < 1.29 is 4.79 Å². The molecule has 0 bridgehead atoms. The zero-order valence-corrected chi connectivity index (χ0v) is 9.50. The van der Waals surface area contributed by atoms with Gasteiger partial charge in [-0.1, -0.05) is 11.6 Å². The number of nitrogens with one attached hydrogen (secondary N) is 2. The van der Waals surface area contributed by atoms with Gasteiger partial charge in [0.15, 0.2) is 0 Å². The Morgan fingerprint density at radius 3 is 2.79 bits per heavy atom. The van der Waals surface area contributed by atoms with E-state index < -0.39 is 0 Å². The maximum absolute atomic E-state index is 11.1. The molecule has 0 unspecified atom stereocenters. The third kappa shape index (κ3) is 2.82. The average molecular weight is 231 g/mol. The van der Waals surface area contributed by atoms with Crippen molar-refractivity contribution in [3.63, 3.8) is 0 Å². The van der Waals surface area contributed by atoms with E-state index in [1.807, 2.05) is 12.3 Å². The second kappa shape index (κ2) is 5.12. The van der Waals surface area contributed by atoms with Crippen LogP contribution in [0.1, 0.15) is 0 Å². The summed E-state index contributed by atoms with van der Waals surface area (Å²) in [5.41, 5.74) is 0.726. The average Bonchev–Trinajstić information content (AvgIpc) is 2.18. The molecule has 0 saturated heterocycles. The minimum atomic E-state index is -0.248. The van der Waals surface area contributed by atoms with E-state index in [0.29, 0.717) is 5.02 Å². The van der Waals surface area contributed by atoms with Crippen LogP contribution in [0.5, 0.6) is 0 Å². The number of benzene rings is 1. The largest absolute Gasteiger partial charge is 0.341 e. The zero-order valence-electron chi connectivity index (χ0n) is 7.93. The van der Waals surface area contributed by atoms with Crippen LogP contribution < -0.4 is 10.6 Å². The van der Waals surface area contributed by atoms with Crippen molar-refractivity contribution in [1.82, 2.24) is 5.32 Å². The summed E-state index contributed by atoms with van der Waals surface area (Å²) in [5.74, 6) is 0. The quantitative estimate of drug-likeness (QED) is 0.768. The lowest BCUT2D eigenvalue weighted by Gasteiger charge is -2.08. The van der Waals surface area contributed by atoms with Crippen molar-refractivity contribution in [3.8, 4) is 0 Å². The van der Waals surface area contributed by atoms with Crippen LogP contribution in [0.3, 0.4) is 0 Å².